The van der Waals surface area contributed by atoms with E-state index in [1.54, 1.807) is 24.3 Å². The third-order valence-corrected chi connectivity index (χ3v) is 6.92. The summed E-state index contributed by atoms with van der Waals surface area (Å²) in [6.45, 7) is 0.326. The van der Waals surface area contributed by atoms with Crippen LogP contribution in [0, 0.1) is 0 Å². The fourth-order valence-corrected chi connectivity index (χ4v) is 4.53. The predicted molar refractivity (Wildman–Crippen MR) is 82.5 cm³/mol. The molecule has 0 unspecified atom stereocenters. The second-order valence-corrected chi connectivity index (χ2v) is 8.67. The first-order valence-electron chi connectivity index (χ1n) is 6.18. The van der Waals surface area contributed by atoms with Gasteiger partial charge in [0.25, 0.3) is 10.2 Å². The Kier molecular flexibility index (Phi) is 5.06. The quantitative estimate of drug-likeness (QED) is 0.727. The summed E-state index contributed by atoms with van der Waals surface area (Å²) in [7, 11) is -7.36. The van der Waals surface area contributed by atoms with Crippen LogP contribution in [0.4, 0.5) is 0 Å². The summed E-state index contributed by atoms with van der Waals surface area (Å²) in [5.41, 5.74) is 0.980. The van der Waals surface area contributed by atoms with Crippen LogP contribution in [-0.2, 0) is 25.6 Å². The molecule has 0 bridgehead atoms. The minimum Gasteiger partial charge on any atom is -0.216 e. The molecule has 21 heavy (non-hydrogen) atoms. The fraction of sp³-hybridized carbons (Fsp3) is 0.455. The summed E-state index contributed by atoms with van der Waals surface area (Å²) < 4.78 is 49.7. The smallest absolute Gasteiger partial charge is 0.216 e. The third-order valence-electron chi connectivity index (χ3n) is 3.27. The van der Waals surface area contributed by atoms with Crippen molar-refractivity contribution in [1.82, 2.24) is 8.61 Å². The number of sulfonamides is 1. The van der Waals surface area contributed by atoms with Gasteiger partial charge in [-0.25, -0.2) is 13.6 Å². The maximum atomic E-state index is 12.5. The number of hydrogen-bond acceptors (Lipinski definition) is 4. The molecule has 118 valence electrons. The zero-order valence-electron chi connectivity index (χ0n) is 11.1. The largest absolute Gasteiger partial charge is 0.276 e. The monoisotopic (exact) mass is 397 g/mol. The topological polar surface area (TPSA) is 101 Å². The van der Waals surface area contributed by atoms with E-state index in [2.05, 4.69) is 15.9 Å². The Labute approximate surface area is 133 Å². The Morgan fingerprint density at radius 1 is 0.952 bits per heavy atom. The van der Waals surface area contributed by atoms with Crippen molar-refractivity contribution in [1.29, 1.82) is 0 Å². The maximum absolute atomic E-state index is 12.5. The summed E-state index contributed by atoms with van der Waals surface area (Å²) in [4.78, 5) is 0.205. The van der Waals surface area contributed by atoms with Gasteiger partial charge in [0.2, 0.25) is 10.0 Å². The van der Waals surface area contributed by atoms with Crippen LogP contribution in [-0.4, -0.2) is 51.6 Å². The SMILES string of the molecule is NS(=O)(=O)N1CCN(S(=O)(=O)c2ccc(CBr)cc2)CC1. The van der Waals surface area contributed by atoms with Crippen molar-refractivity contribution in [2.75, 3.05) is 26.2 Å². The zero-order chi connectivity index (χ0) is 15.7. The summed E-state index contributed by atoms with van der Waals surface area (Å²) in [6, 6.07) is 6.58. The lowest BCUT2D eigenvalue weighted by Crippen LogP contribution is -2.52. The molecule has 1 aromatic carbocycles. The van der Waals surface area contributed by atoms with E-state index >= 15 is 0 Å². The number of halogens is 1. The van der Waals surface area contributed by atoms with Crippen LogP contribution in [0.2, 0.25) is 0 Å². The number of alkyl halides is 1. The number of piperazine rings is 1. The van der Waals surface area contributed by atoms with E-state index in [9.17, 15) is 16.8 Å². The highest BCUT2D eigenvalue weighted by Crippen LogP contribution is 2.19. The molecule has 0 aromatic heterocycles. The Balaban J connectivity index is 2.14. The Morgan fingerprint density at radius 3 is 1.86 bits per heavy atom. The number of benzene rings is 1. The van der Waals surface area contributed by atoms with Crippen LogP contribution in [0.5, 0.6) is 0 Å². The highest BCUT2D eigenvalue weighted by atomic mass is 79.9. The van der Waals surface area contributed by atoms with Gasteiger partial charge >= 0.3 is 0 Å². The Hall–Kier alpha value is -0.520. The van der Waals surface area contributed by atoms with Gasteiger partial charge in [-0.1, -0.05) is 28.1 Å². The van der Waals surface area contributed by atoms with Crippen LogP contribution >= 0.6 is 15.9 Å². The standard InChI is InChI=1S/C11H16BrN3O4S2/c12-9-10-1-3-11(4-2-10)20(16,17)14-5-7-15(8-6-14)21(13,18)19/h1-4H,5-9H2,(H2,13,18,19). The molecule has 0 amide bonds. The molecule has 1 aliphatic rings. The van der Waals surface area contributed by atoms with Crippen molar-refractivity contribution in [3.8, 4) is 0 Å². The molecule has 0 saturated carbocycles. The molecular weight excluding hydrogens is 382 g/mol. The van der Waals surface area contributed by atoms with Crippen molar-refractivity contribution in [3.05, 3.63) is 29.8 Å². The molecule has 7 nitrogen and oxygen atoms in total. The lowest BCUT2D eigenvalue weighted by atomic mass is 10.2. The predicted octanol–water partition coefficient (Wildman–Crippen LogP) is 0.0913. The molecule has 10 heteroatoms. The molecule has 2 rings (SSSR count). The van der Waals surface area contributed by atoms with Crippen molar-refractivity contribution in [2.24, 2.45) is 5.14 Å². The van der Waals surface area contributed by atoms with E-state index in [-0.39, 0.29) is 31.1 Å². The molecule has 1 aromatic rings. The van der Waals surface area contributed by atoms with Gasteiger partial charge in [-0.15, -0.1) is 0 Å². The highest BCUT2D eigenvalue weighted by Gasteiger charge is 2.31. The molecular formula is C11H16BrN3O4S2. The van der Waals surface area contributed by atoms with Crippen molar-refractivity contribution in [3.63, 3.8) is 0 Å². The molecule has 1 aliphatic heterocycles. The molecule has 1 fully saturated rings. The fourth-order valence-electron chi connectivity index (χ4n) is 2.06. The highest BCUT2D eigenvalue weighted by molar-refractivity contribution is 9.08. The number of nitrogens with two attached hydrogens (primary N) is 1. The third kappa shape index (κ3) is 3.82. The number of hydrogen-bond donors (Lipinski definition) is 1. The first-order valence-corrected chi connectivity index (χ1v) is 10.2. The van der Waals surface area contributed by atoms with Gasteiger partial charge in [-0.3, -0.25) is 0 Å². The normalized spacial score (nSPS) is 18.8. The summed E-state index contributed by atoms with van der Waals surface area (Å²) in [6.07, 6.45) is 0. The average Bonchev–Trinajstić information content (AvgIpc) is 2.46. The maximum Gasteiger partial charge on any atom is 0.276 e. The van der Waals surface area contributed by atoms with Gasteiger partial charge < -0.3 is 0 Å². The number of rotatable bonds is 4. The summed E-state index contributed by atoms with van der Waals surface area (Å²) in [5, 5.41) is 5.69. The summed E-state index contributed by atoms with van der Waals surface area (Å²) in [5.74, 6) is 0. The van der Waals surface area contributed by atoms with E-state index in [0.717, 1.165) is 9.87 Å². The first kappa shape index (κ1) is 16.8. The molecule has 0 aliphatic carbocycles. The number of nitrogens with zero attached hydrogens (tertiary/aromatic N) is 2. The molecule has 2 N–H and O–H groups in total. The van der Waals surface area contributed by atoms with Gasteiger partial charge in [-0.05, 0) is 17.7 Å². The van der Waals surface area contributed by atoms with Crippen LogP contribution in [0.15, 0.2) is 29.2 Å². The van der Waals surface area contributed by atoms with E-state index < -0.39 is 20.2 Å². The lowest BCUT2D eigenvalue weighted by molar-refractivity contribution is 0.273. The van der Waals surface area contributed by atoms with Gasteiger partial charge in [0.1, 0.15) is 0 Å². The minimum atomic E-state index is -3.76. The first-order chi connectivity index (χ1) is 9.75. The van der Waals surface area contributed by atoms with E-state index in [0.29, 0.717) is 5.33 Å². The van der Waals surface area contributed by atoms with Gasteiger partial charge in [0, 0.05) is 31.5 Å². The average molecular weight is 398 g/mol. The molecule has 0 spiro atoms. The van der Waals surface area contributed by atoms with Crippen LogP contribution < -0.4 is 5.14 Å². The second-order valence-electron chi connectivity index (χ2n) is 4.63. The molecule has 1 heterocycles. The van der Waals surface area contributed by atoms with E-state index in [1.165, 1.54) is 4.31 Å². The minimum absolute atomic E-state index is 0.0670. The van der Waals surface area contributed by atoms with Gasteiger partial charge in [0.05, 0.1) is 4.90 Å². The Morgan fingerprint density at radius 2 is 1.43 bits per heavy atom. The Bertz CT molecular complexity index is 695. The van der Waals surface area contributed by atoms with E-state index in [4.69, 9.17) is 5.14 Å². The lowest BCUT2D eigenvalue weighted by Gasteiger charge is -2.32. The van der Waals surface area contributed by atoms with Crippen molar-refractivity contribution < 1.29 is 16.8 Å². The van der Waals surface area contributed by atoms with Gasteiger partial charge in [-0.2, -0.15) is 17.0 Å². The molecule has 1 saturated heterocycles. The molecule has 0 radical (unpaired) electrons. The van der Waals surface area contributed by atoms with Crippen molar-refractivity contribution in [2.45, 2.75) is 10.2 Å². The van der Waals surface area contributed by atoms with Gasteiger partial charge in [0.15, 0.2) is 0 Å². The second kappa shape index (κ2) is 6.31. The zero-order valence-corrected chi connectivity index (χ0v) is 14.4. The van der Waals surface area contributed by atoms with Crippen LogP contribution in [0.1, 0.15) is 5.56 Å². The van der Waals surface area contributed by atoms with E-state index in [1.807, 2.05) is 0 Å². The van der Waals surface area contributed by atoms with Crippen LogP contribution in [0.25, 0.3) is 0 Å². The van der Waals surface area contributed by atoms with Crippen LogP contribution in [0.3, 0.4) is 0 Å². The molecule has 0 atom stereocenters. The van der Waals surface area contributed by atoms with Crippen molar-refractivity contribution >= 4 is 36.2 Å². The summed E-state index contributed by atoms with van der Waals surface area (Å²) >= 11 is 3.30.